The summed E-state index contributed by atoms with van der Waals surface area (Å²) in [6.07, 6.45) is 3.53. The maximum Gasteiger partial charge on any atom is 0.257 e. The van der Waals surface area contributed by atoms with E-state index in [1.807, 2.05) is 11.0 Å². The van der Waals surface area contributed by atoms with Gasteiger partial charge in [-0.3, -0.25) is 4.79 Å². The number of carbonyl (C=O) groups is 1. The Morgan fingerprint density at radius 2 is 1.95 bits per heavy atom. The first-order chi connectivity index (χ1) is 10.3. The van der Waals surface area contributed by atoms with Crippen molar-refractivity contribution in [3.63, 3.8) is 0 Å². The highest BCUT2D eigenvalue weighted by atomic mass is 16.3. The fourth-order valence-corrected chi connectivity index (χ4v) is 2.92. The number of hydrogen-bond donors (Lipinski definition) is 1. The fraction of sp³-hybridized carbons (Fsp3) is 0.353. The fourth-order valence-electron chi connectivity index (χ4n) is 2.92. The van der Waals surface area contributed by atoms with Crippen molar-refractivity contribution in [2.75, 3.05) is 13.1 Å². The Hall–Kier alpha value is -2.07. The molecule has 0 atom stereocenters. The van der Waals surface area contributed by atoms with E-state index < -0.39 is 0 Å². The van der Waals surface area contributed by atoms with Crippen LogP contribution < -0.4 is 5.73 Å². The van der Waals surface area contributed by atoms with Crippen molar-refractivity contribution in [3.8, 4) is 0 Å². The molecular weight excluding hydrogens is 264 g/mol. The molecule has 21 heavy (non-hydrogen) atoms. The minimum atomic E-state index is 0.0463. The van der Waals surface area contributed by atoms with E-state index in [0.29, 0.717) is 23.8 Å². The largest absolute Gasteiger partial charge is 0.467 e. The van der Waals surface area contributed by atoms with Crippen LogP contribution in [0.2, 0.25) is 0 Å². The highest BCUT2D eigenvalue weighted by molar-refractivity contribution is 5.94. The summed E-state index contributed by atoms with van der Waals surface area (Å²) in [4.78, 5) is 14.3. The monoisotopic (exact) mass is 284 g/mol. The summed E-state index contributed by atoms with van der Waals surface area (Å²) in [7, 11) is 0. The first kappa shape index (κ1) is 13.9. The van der Waals surface area contributed by atoms with E-state index in [1.54, 1.807) is 6.07 Å². The van der Waals surface area contributed by atoms with Crippen LogP contribution in [0.3, 0.4) is 0 Å². The topological polar surface area (TPSA) is 59.5 Å². The van der Waals surface area contributed by atoms with Crippen molar-refractivity contribution >= 4 is 5.91 Å². The van der Waals surface area contributed by atoms with Gasteiger partial charge in [0.25, 0.3) is 5.91 Å². The highest BCUT2D eigenvalue weighted by Gasteiger charge is 2.25. The Balaban J connectivity index is 1.61. The quantitative estimate of drug-likeness (QED) is 0.942. The third-order valence-electron chi connectivity index (χ3n) is 4.16. The minimum absolute atomic E-state index is 0.0463. The number of likely N-dealkylation sites (tertiary alicyclic amines) is 1. The summed E-state index contributed by atoms with van der Waals surface area (Å²) in [5.74, 6) is 1.25. The number of piperidine rings is 1. The summed E-state index contributed by atoms with van der Waals surface area (Å²) < 4.78 is 5.24. The molecular formula is C17H20N2O2. The van der Waals surface area contributed by atoms with Gasteiger partial charge in [-0.05, 0) is 30.4 Å². The van der Waals surface area contributed by atoms with Gasteiger partial charge < -0.3 is 15.1 Å². The molecule has 3 rings (SSSR count). The third kappa shape index (κ3) is 3.00. The zero-order valence-electron chi connectivity index (χ0n) is 12.0. The Morgan fingerprint density at radius 1 is 1.24 bits per heavy atom. The van der Waals surface area contributed by atoms with Crippen LogP contribution in [0.15, 0.2) is 47.1 Å². The molecule has 1 aliphatic rings. The highest BCUT2D eigenvalue weighted by Crippen LogP contribution is 2.28. The first-order valence-electron chi connectivity index (χ1n) is 7.39. The van der Waals surface area contributed by atoms with Crippen molar-refractivity contribution in [3.05, 3.63) is 59.5 Å². The normalized spacial score (nSPS) is 16.1. The van der Waals surface area contributed by atoms with E-state index in [4.69, 9.17) is 10.2 Å². The number of hydrogen-bond acceptors (Lipinski definition) is 3. The molecule has 0 saturated carbocycles. The van der Waals surface area contributed by atoms with Gasteiger partial charge in [0.2, 0.25) is 0 Å². The second-order valence-corrected chi connectivity index (χ2v) is 5.48. The lowest BCUT2D eigenvalue weighted by molar-refractivity contribution is 0.0712. The second-order valence-electron chi connectivity index (χ2n) is 5.48. The number of nitrogens with two attached hydrogens (primary N) is 1. The molecule has 4 nitrogen and oxygen atoms in total. The minimum Gasteiger partial charge on any atom is -0.467 e. The maximum absolute atomic E-state index is 12.4. The molecule has 4 heteroatoms. The molecule has 1 amide bonds. The van der Waals surface area contributed by atoms with Crippen molar-refractivity contribution in [2.24, 2.45) is 5.73 Å². The number of rotatable bonds is 3. The van der Waals surface area contributed by atoms with Crippen LogP contribution in [0.25, 0.3) is 0 Å². The van der Waals surface area contributed by atoms with E-state index in [0.717, 1.165) is 25.9 Å². The van der Waals surface area contributed by atoms with Crippen LogP contribution in [0.5, 0.6) is 0 Å². The van der Waals surface area contributed by atoms with Crippen molar-refractivity contribution in [2.45, 2.75) is 25.3 Å². The average Bonchev–Trinajstić information content (AvgIpc) is 3.04. The number of nitrogens with zero attached hydrogens (tertiary/aromatic N) is 1. The summed E-state index contributed by atoms with van der Waals surface area (Å²) >= 11 is 0. The van der Waals surface area contributed by atoms with Gasteiger partial charge in [-0.1, -0.05) is 30.3 Å². The zero-order chi connectivity index (χ0) is 14.7. The van der Waals surface area contributed by atoms with Crippen LogP contribution in [0.4, 0.5) is 0 Å². The van der Waals surface area contributed by atoms with Gasteiger partial charge in [0, 0.05) is 13.1 Å². The molecule has 0 aliphatic carbocycles. The molecule has 2 N–H and O–H groups in total. The van der Waals surface area contributed by atoms with Crippen LogP contribution in [0.1, 0.15) is 40.4 Å². The number of amides is 1. The Kier molecular flexibility index (Phi) is 4.06. The van der Waals surface area contributed by atoms with Crippen molar-refractivity contribution < 1.29 is 9.21 Å². The zero-order valence-corrected chi connectivity index (χ0v) is 12.0. The standard InChI is InChI=1S/C17H20N2O2/c18-11-16-10-15(12-21-16)17(20)19-8-6-14(7-9-19)13-4-2-1-3-5-13/h1-5,10,12,14H,6-9,11,18H2. The average molecular weight is 284 g/mol. The summed E-state index contributed by atoms with van der Waals surface area (Å²) in [5, 5.41) is 0. The van der Waals surface area contributed by atoms with Crippen LogP contribution in [0, 0.1) is 0 Å². The van der Waals surface area contributed by atoms with Gasteiger partial charge in [-0.15, -0.1) is 0 Å². The molecule has 1 fully saturated rings. The predicted octanol–water partition coefficient (Wildman–Crippen LogP) is 2.76. The molecule has 1 aromatic heterocycles. The molecule has 0 unspecified atom stereocenters. The van der Waals surface area contributed by atoms with E-state index in [-0.39, 0.29) is 5.91 Å². The SMILES string of the molecule is NCc1cc(C(=O)N2CCC(c3ccccc3)CC2)co1. The lowest BCUT2D eigenvalue weighted by Crippen LogP contribution is -2.37. The molecule has 1 aliphatic heterocycles. The van der Waals surface area contributed by atoms with Gasteiger partial charge in [0.05, 0.1) is 12.1 Å². The molecule has 110 valence electrons. The Labute approximate surface area is 124 Å². The lowest BCUT2D eigenvalue weighted by atomic mass is 9.89. The predicted molar refractivity (Wildman–Crippen MR) is 80.9 cm³/mol. The molecule has 1 aromatic carbocycles. The molecule has 2 heterocycles. The third-order valence-corrected chi connectivity index (χ3v) is 4.16. The molecule has 0 radical (unpaired) electrons. The smallest absolute Gasteiger partial charge is 0.257 e. The molecule has 0 spiro atoms. The van der Waals surface area contributed by atoms with E-state index in [9.17, 15) is 4.79 Å². The van der Waals surface area contributed by atoms with Gasteiger partial charge in [0.1, 0.15) is 12.0 Å². The Bertz CT molecular complexity index is 598. The summed E-state index contributed by atoms with van der Waals surface area (Å²) in [5.41, 5.74) is 7.48. The van der Waals surface area contributed by atoms with Crippen LogP contribution in [-0.2, 0) is 6.54 Å². The maximum atomic E-state index is 12.4. The van der Waals surface area contributed by atoms with Crippen LogP contribution in [-0.4, -0.2) is 23.9 Å². The summed E-state index contributed by atoms with van der Waals surface area (Å²) in [6.45, 7) is 1.91. The second kappa shape index (κ2) is 6.14. The molecule has 2 aromatic rings. The summed E-state index contributed by atoms with van der Waals surface area (Å²) in [6, 6.07) is 12.3. The van der Waals surface area contributed by atoms with Gasteiger partial charge in [0.15, 0.2) is 0 Å². The van der Waals surface area contributed by atoms with Gasteiger partial charge >= 0.3 is 0 Å². The van der Waals surface area contributed by atoms with Crippen molar-refractivity contribution in [1.82, 2.24) is 4.90 Å². The van der Waals surface area contributed by atoms with Gasteiger partial charge in [-0.25, -0.2) is 0 Å². The first-order valence-corrected chi connectivity index (χ1v) is 7.39. The molecule has 1 saturated heterocycles. The van der Waals surface area contributed by atoms with Crippen molar-refractivity contribution in [1.29, 1.82) is 0 Å². The van der Waals surface area contributed by atoms with E-state index in [2.05, 4.69) is 24.3 Å². The lowest BCUT2D eigenvalue weighted by Gasteiger charge is -2.32. The van der Waals surface area contributed by atoms with Gasteiger partial charge in [-0.2, -0.15) is 0 Å². The number of furan rings is 1. The van der Waals surface area contributed by atoms with E-state index in [1.165, 1.54) is 11.8 Å². The number of benzene rings is 1. The van der Waals surface area contributed by atoms with Crippen LogP contribution >= 0.6 is 0 Å². The number of carbonyl (C=O) groups excluding carboxylic acids is 1. The molecule has 0 bridgehead atoms. The Morgan fingerprint density at radius 3 is 2.57 bits per heavy atom. The van der Waals surface area contributed by atoms with E-state index >= 15 is 0 Å².